The molecule has 0 aromatic rings. The molecule has 4 saturated carbocycles. The maximum absolute atomic E-state index is 13.5. The van der Waals surface area contributed by atoms with Gasteiger partial charge in [-0.05, 0) is 42.6 Å². The molecule has 6 nitrogen and oxygen atoms in total. The van der Waals surface area contributed by atoms with E-state index in [1.165, 1.54) is 0 Å². The first kappa shape index (κ1) is 18.9. The van der Waals surface area contributed by atoms with Crippen LogP contribution >= 0.6 is 0 Å². The van der Waals surface area contributed by atoms with Crippen LogP contribution in [0.2, 0.25) is 0 Å². The fourth-order valence-corrected chi connectivity index (χ4v) is 8.32. The van der Waals surface area contributed by atoms with Crippen molar-refractivity contribution in [3.63, 3.8) is 0 Å². The molecule has 0 unspecified atom stereocenters. The lowest BCUT2D eigenvalue weighted by Crippen LogP contribution is -2.85. The number of aliphatic hydroxyl groups is 3. The summed E-state index contributed by atoms with van der Waals surface area (Å²) < 4.78 is 5.82. The van der Waals surface area contributed by atoms with Crippen molar-refractivity contribution >= 4 is 11.6 Å². The number of aliphatic hydroxyl groups excluding tert-OH is 2. The molecule has 2 saturated heterocycles. The lowest BCUT2D eigenvalue weighted by Gasteiger charge is -2.73. The second kappa shape index (κ2) is 5.34. The van der Waals surface area contributed by atoms with Gasteiger partial charge in [0, 0.05) is 18.3 Å². The molecule has 9 atom stereocenters. The molecule has 28 heavy (non-hydrogen) atoms. The number of ketones is 2. The van der Waals surface area contributed by atoms with Crippen LogP contribution in [-0.4, -0.2) is 51.5 Å². The van der Waals surface area contributed by atoms with Gasteiger partial charge in [-0.25, -0.2) is 0 Å². The maximum Gasteiger partial charge on any atom is 0.208 e. The van der Waals surface area contributed by atoms with Gasteiger partial charge in [-0.2, -0.15) is 0 Å². The predicted molar refractivity (Wildman–Crippen MR) is 98.9 cm³/mol. The molecule has 6 rings (SSSR count). The Bertz CT molecular complexity index is 792. The van der Waals surface area contributed by atoms with E-state index in [2.05, 4.69) is 20.4 Å². The van der Waals surface area contributed by atoms with Crippen LogP contribution in [0.1, 0.15) is 52.4 Å². The van der Waals surface area contributed by atoms with Crippen LogP contribution in [0.3, 0.4) is 0 Å². The van der Waals surface area contributed by atoms with E-state index in [1.54, 1.807) is 0 Å². The van der Waals surface area contributed by atoms with Crippen molar-refractivity contribution in [3.8, 4) is 0 Å². The number of ether oxygens (including phenoxy) is 1. The number of fused-ring (bicyclic) bond motifs is 2. The van der Waals surface area contributed by atoms with Crippen LogP contribution in [0.25, 0.3) is 0 Å². The van der Waals surface area contributed by atoms with Crippen molar-refractivity contribution in [2.75, 3.05) is 6.61 Å². The quantitative estimate of drug-likeness (QED) is 0.615. The normalized spacial score (nSPS) is 57.3. The molecule has 2 aliphatic heterocycles. The van der Waals surface area contributed by atoms with Gasteiger partial charge in [0.05, 0.1) is 18.1 Å². The second-order valence-electron chi connectivity index (χ2n) is 10.2. The summed E-state index contributed by atoms with van der Waals surface area (Å²) in [5.74, 6) is -4.08. The minimum absolute atomic E-state index is 0.00668. The predicted octanol–water partition coefficient (Wildman–Crippen LogP) is 1.36. The molecule has 154 valence electrons. The molecule has 2 heterocycles. The highest BCUT2D eigenvalue weighted by atomic mass is 16.6. The minimum atomic E-state index is -2.19. The van der Waals surface area contributed by atoms with E-state index in [1.807, 2.05) is 0 Å². The van der Waals surface area contributed by atoms with Crippen molar-refractivity contribution in [1.82, 2.24) is 0 Å². The molecule has 6 aliphatic rings. The Morgan fingerprint density at radius 3 is 2.61 bits per heavy atom. The number of carbonyl (C=O) groups excluding carboxylic acids is 2. The summed E-state index contributed by atoms with van der Waals surface area (Å²) in [7, 11) is 0. The van der Waals surface area contributed by atoms with Gasteiger partial charge in [0.1, 0.15) is 17.3 Å². The van der Waals surface area contributed by atoms with Gasteiger partial charge in [-0.3, -0.25) is 9.59 Å². The molecule has 6 heteroatoms. The summed E-state index contributed by atoms with van der Waals surface area (Å²) in [5, 5.41) is 34.4. The third kappa shape index (κ3) is 1.62. The summed E-state index contributed by atoms with van der Waals surface area (Å²) in [6, 6.07) is 0. The van der Waals surface area contributed by atoms with E-state index >= 15 is 0 Å². The van der Waals surface area contributed by atoms with Crippen LogP contribution in [0.4, 0.5) is 0 Å². The topological polar surface area (TPSA) is 104 Å². The average molecular weight is 390 g/mol. The third-order valence-electron chi connectivity index (χ3n) is 9.31. The molecular formula is C22H30O6. The van der Waals surface area contributed by atoms with E-state index < -0.39 is 52.4 Å². The molecule has 0 radical (unpaired) electrons. The Morgan fingerprint density at radius 1 is 1.21 bits per heavy atom. The minimum Gasteiger partial charge on any atom is -0.391 e. The van der Waals surface area contributed by atoms with E-state index in [0.29, 0.717) is 31.3 Å². The summed E-state index contributed by atoms with van der Waals surface area (Å²) in [4.78, 5) is 26.9. The second-order valence-corrected chi connectivity index (χ2v) is 10.2. The number of hydrogen-bond acceptors (Lipinski definition) is 6. The highest BCUT2D eigenvalue weighted by Crippen LogP contribution is 2.76. The summed E-state index contributed by atoms with van der Waals surface area (Å²) >= 11 is 0. The van der Waals surface area contributed by atoms with Gasteiger partial charge in [-0.15, -0.1) is 0 Å². The summed E-state index contributed by atoms with van der Waals surface area (Å²) in [6.45, 7) is 8.06. The first-order valence-corrected chi connectivity index (χ1v) is 10.6. The number of hydrogen-bond donors (Lipinski definition) is 3. The zero-order valence-corrected chi connectivity index (χ0v) is 16.6. The van der Waals surface area contributed by atoms with Crippen molar-refractivity contribution in [2.45, 2.75) is 70.4 Å². The fourth-order valence-electron chi connectivity index (χ4n) is 8.32. The molecule has 0 aromatic heterocycles. The Morgan fingerprint density at radius 2 is 1.93 bits per heavy atom. The zero-order valence-electron chi connectivity index (χ0n) is 16.6. The largest absolute Gasteiger partial charge is 0.391 e. The maximum atomic E-state index is 13.5. The lowest BCUT2D eigenvalue weighted by molar-refractivity contribution is -0.438. The van der Waals surface area contributed by atoms with Gasteiger partial charge < -0.3 is 20.1 Å². The summed E-state index contributed by atoms with van der Waals surface area (Å²) in [5.41, 5.74) is -2.78. The van der Waals surface area contributed by atoms with Gasteiger partial charge in [-0.1, -0.05) is 26.8 Å². The molecule has 4 bridgehead atoms. The van der Waals surface area contributed by atoms with E-state index in [9.17, 15) is 24.9 Å². The smallest absolute Gasteiger partial charge is 0.208 e. The number of rotatable bonds is 2. The number of Topliss-reactive ketones (excluding diaryl/α,β-unsaturated/α-hetero) is 2. The average Bonchev–Trinajstić information content (AvgIpc) is 2.76. The highest BCUT2D eigenvalue weighted by Gasteiger charge is 2.87. The molecule has 2 spiro atoms. The molecule has 4 aliphatic carbocycles. The van der Waals surface area contributed by atoms with Crippen LogP contribution < -0.4 is 0 Å². The van der Waals surface area contributed by atoms with Crippen molar-refractivity contribution < 1.29 is 29.6 Å². The van der Waals surface area contributed by atoms with Crippen LogP contribution in [-0.2, 0) is 14.3 Å². The van der Waals surface area contributed by atoms with Gasteiger partial charge in [0.15, 0.2) is 5.78 Å². The van der Waals surface area contributed by atoms with Crippen molar-refractivity contribution in [2.24, 2.45) is 34.0 Å². The lowest BCUT2D eigenvalue weighted by atomic mass is 9.35. The molecule has 0 aromatic carbocycles. The van der Waals surface area contributed by atoms with Crippen LogP contribution in [0, 0.1) is 34.0 Å². The molecular weight excluding hydrogens is 360 g/mol. The first-order chi connectivity index (χ1) is 13.1. The Hall–Kier alpha value is -1.08. The highest BCUT2D eigenvalue weighted by molar-refractivity contribution is 6.06. The van der Waals surface area contributed by atoms with E-state index in [4.69, 9.17) is 4.74 Å². The van der Waals surface area contributed by atoms with Gasteiger partial charge >= 0.3 is 0 Å². The van der Waals surface area contributed by atoms with Crippen LogP contribution in [0.15, 0.2) is 12.2 Å². The molecule has 0 amide bonds. The fraction of sp³-hybridized carbons (Fsp3) is 0.818. The Balaban J connectivity index is 1.79. The van der Waals surface area contributed by atoms with Crippen molar-refractivity contribution in [1.29, 1.82) is 0 Å². The standard InChI is InChI=1S/C22H30O6/c1-4-8-19(3)9-7-14(23)20-10-28-22(27,18(26)15(19)20)21-13(20)6-5-12(17(21)25)11(2)16(21)24/h12-13,15,17-18,25-27H,2,4-10H2,1,3H3/t12-,13-,15+,17+,18-,19+,20+,21-,22-/m0/s1. The Kier molecular flexibility index (Phi) is 3.61. The molecule has 3 N–H and O–H groups in total. The number of carbonyl (C=O) groups is 2. The van der Waals surface area contributed by atoms with E-state index in [0.717, 1.165) is 12.8 Å². The van der Waals surface area contributed by atoms with Gasteiger partial charge in [0.25, 0.3) is 0 Å². The van der Waals surface area contributed by atoms with Gasteiger partial charge in [0.2, 0.25) is 5.79 Å². The molecule has 6 fully saturated rings. The van der Waals surface area contributed by atoms with E-state index in [-0.39, 0.29) is 17.8 Å². The third-order valence-corrected chi connectivity index (χ3v) is 9.31. The monoisotopic (exact) mass is 390 g/mol. The first-order valence-electron chi connectivity index (χ1n) is 10.6. The summed E-state index contributed by atoms with van der Waals surface area (Å²) in [6.07, 6.45) is 1.29. The van der Waals surface area contributed by atoms with Crippen molar-refractivity contribution in [3.05, 3.63) is 12.2 Å². The van der Waals surface area contributed by atoms with Crippen LogP contribution in [0.5, 0.6) is 0 Å². The SMILES string of the molecule is C=C1C(=O)[C@]23[C@H](O)[C@H]1CC[C@H]2[C@@]12CO[C@@]3(O)[C@@H](O)[C@@H]1[C@](C)(CCC)CCC2=O. The Labute approximate surface area is 165 Å². The zero-order chi connectivity index (χ0) is 20.3.